The minimum Gasteiger partial charge on any atom is -0.390 e. The summed E-state index contributed by atoms with van der Waals surface area (Å²) in [4.78, 5) is 13.7. The molecule has 0 radical (unpaired) electrons. The highest BCUT2D eigenvalue weighted by Gasteiger charge is 2.19. The standard InChI is InChI=1S/C8H11N3O4/c12-11(13)8-9-2-4-10(8)3-1-7-14-5-6-15-7/h2,4,7H,1,3,5-6H2. The van der Waals surface area contributed by atoms with Gasteiger partial charge in [0, 0.05) is 6.42 Å². The van der Waals surface area contributed by atoms with Crippen LogP contribution < -0.4 is 0 Å². The van der Waals surface area contributed by atoms with Crippen molar-refractivity contribution in [3.8, 4) is 0 Å². The van der Waals surface area contributed by atoms with Crippen LogP contribution in [0.5, 0.6) is 0 Å². The van der Waals surface area contributed by atoms with Gasteiger partial charge in [0.1, 0.15) is 12.4 Å². The molecule has 0 unspecified atom stereocenters. The summed E-state index contributed by atoms with van der Waals surface area (Å²) in [6, 6.07) is 0. The van der Waals surface area contributed by atoms with Crippen molar-refractivity contribution in [2.24, 2.45) is 0 Å². The first-order valence-electron chi connectivity index (χ1n) is 4.66. The van der Waals surface area contributed by atoms with Gasteiger partial charge < -0.3 is 19.6 Å². The second-order valence-corrected chi connectivity index (χ2v) is 3.14. The van der Waals surface area contributed by atoms with Crippen molar-refractivity contribution in [1.82, 2.24) is 9.55 Å². The fourth-order valence-electron chi connectivity index (χ4n) is 1.47. The van der Waals surface area contributed by atoms with Gasteiger partial charge in [-0.3, -0.25) is 0 Å². The topological polar surface area (TPSA) is 79.4 Å². The Morgan fingerprint density at radius 1 is 1.60 bits per heavy atom. The van der Waals surface area contributed by atoms with Crippen LogP contribution in [-0.2, 0) is 16.0 Å². The van der Waals surface area contributed by atoms with Gasteiger partial charge in [-0.2, -0.15) is 0 Å². The maximum absolute atomic E-state index is 10.5. The summed E-state index contributed by atoms with van der Waals surface area (Å²) in [6.45, 7) is 1.66. The Hall–Kier alpha value is -1.47. The Labute approximate surface area is 85.8 Å². The molecule has 1 aromatic heterocycles. The van der Waals surface area contributed by atoms with E-state index in [0.29, 0.717) is 26.2 Å². The Morgan fingerprint density at radius 2 is 2.33 bits per heavy atom. The van der Waals surface area contributed by atoms with Crippen LogP contribution in [0.15, 0.2) is 12.4 Å². The molecule has 2 rings (SSSR count). The van der Waals surface area contributed by atoms with Crippen molar-refractivity contribution in [2.75, 3.05) is 13.2 Å². The Kier molecular flexibility index (Phi) is 2.93. The number of nitro groups is 1. The van der Waals surface area contributed by atoms with Gasteiger partial charge in [-0.05, 0) is 4.92 Å². The maximum atomic E-state index is 10.5. The summed E-state index contributed by atoms with van der Waals surface area (Å²) in [5.41, 5.74) is 0. The third-order valence-corrected chi connectivity index (χ3v) is 2.15. The van der Waals surface area contributed by atoms with E-state index in [1.807, 2.05) is 0 Å². The first kappa shape index (κ1) is 10.1. The maximum Gasteiger partial charge on any atom is 0.434 e. The lowest BCUT2D eigenvalue weighted by Crippen LogP contribution is -2.12. The van der Waals surface area contributed by atoms with Crippen molar-refractivity contribution in [2.45, 2.75) is 19.3 Å². The monoisotopic (exact) mass is 213 g/mol. The van der Waals surface area contributed by atoms with Crippen molar-refractivity contribution in [3.63, 3.8) is 0 Å². The molecule has 7 nitrogen and oxygen atoms in total. The molecule has 0 amide bonds. The van der Waals surface area contributed by atoms with Gasteiger partial charge >= 0.3 is 5.95 Å². The number of hydrogen-bond donors (Lipinski definition) is 0. The zero-order valence-electron chi connectivity index (χ0n) is 8.04. The first-order chi connectivity index (χ1) is 7.27. The van der Waals surface area contributed by atoms with Crippen molar-refractivity contribution in [3.05, 3.63) is 22.5 Å². The van der Waals surface area contributed by atoms with Crippen molar-refractivity contribution < 1.29 is 14.4 Å². The van der Waals surface area contributed by atoms with Gasteiger partial charge in [-0.1, -0.05) is 4.98 Å². The van der Waals surface area contributed by atoms with Crippen LogP contribution in [0, 0.1) is 10.1 Å². The summed E-state index contributed by atoms with van der Waals surface area (Å²) < 4.78 is 11.9. The molecule has 7 heteroatoms. The summed E-state index contributed by atoms with van der Waals surface area (Å²) in [5.74, 6) is -0.145. The Bertz CT molecular complexity index is 345. The Balaban J connectivity index is 1.92. The van der Waals surface area contributed by atoms with Crippen LogP contribution in [0.4, 0.5) is 5.95 Å². The molecule has 1 aliphatic heterocycles. The molecule has 2 heterocycles. The number of ether oxygens (including phenoxy) is 2. The summed E-state index contributed by atoms with van der Waals surface area (Å²) >= 11 is 0. The Morgan fingerprint density at radius 3 is 3.00 bits per heavy atom. The van der Waals surface area contributed by atoms with E-state index in [1.54, 1.807) is 6.20 Å². The van der Waals surface area contributed by atoms with E-state index in [-0.39, 0.29) is 12.2 Å². The van der Waals surface area contributed by atoms with Crippen molar-refractivity contribution >= 4 is 5.95 Å². The minimum absolute atomic E-state index is 0.145. The van der Waals surface area contributed by atoms with Crippen molar-refractivity contribution in [1.29, 1.82) is 0 Å². The number of imidazole rings is 1. The zero-order chi connectivity index (χ0) is 10.7. The van der Waals surface area contributed by atoms with Crippen LogP contribution in [0.25, 0.3) is 0 Å². The molecule has 1 aliphatic rings. The van der Waals surface area contributed by atoms with E-state index in [9.17, 15) is 10.1 Å². The van der Waals surface area contributed by atoms with E-state index in [1.165, 1.54) is 10.8 Å². The number of hydrogen-bond acceptors (Lipinski definition) is 5. The third-order valence-electron chi connectivity index (χ3n) is 2.15. The van der Waals surface area contributed by atoms with Crippen LogP contribution in [-0.4, -0.2) is 34.0 Å². The number of nitrogens with zero attached hydrogens (tertiary/aromatic N) is 3. The predicted molar refractivity (Wildman–Crippen MR) is 49.2 cm³/mol. The molecular weight excluding hydrogens is 202 g/mol. The lowest BCUT2D eigenvalue weighted by Gasteiger charge is -2.07. The smallest absolute Gasteiger partial charge is 0.390 e. The molecule has 15 heavy (non-hydrogen) atoms. The van der Waals surface area contributed by atoms with Gasteiger partial charge in [0.25, 0.3) is 0 Å². The van der Waals surface area contributed by atoms with Crippen LogP contribution in [0.2, 0.25) is 0 Å². The highest BCUT2D eigenvalue weighted by Crippen LogP contribution is 2.13. The zero-order valence-corrected chi connectivity index (χ0v) is 8.04. The molecule has 1 aromatic rings. The average molecular weight is 213 g/mol. The van der Waals surface area contributed by atoms with E-state index in [0.717, 1.165) is 0 Å². The number of rotatable bonds is 4. The fraction of sp³-hybridized carbons (Fsp3) is 0.625. The summed E-state index contributed by atoms with van der Waals surface area (Å²) in [6.07, 6.45) is 3.34. The second-order valence-electron chi connectivity index (χ2n) is 3.14. The van der Waals surface area contributed by atoms with Gasteiger partial charge in [0.05, 0.1) is 19.8 Å². The van der Waals surface area contributed by atoms with Gasteiger partial charge in [-0.15, -0.1) is 0 Å². The molecule has 1 fully saturated rings. The largest absolute Gasteiger partial charge is 0.434 e. The van der Waals surface area contributed by atoms with Crippen LogP contribution in [0.3, 0.4) is 0 Å². The lowest BCUT2D eigenvalue weighted by atomic mass is 10.4. The van der Waals surface area contributed by atoms with Gasteiger partial charge in [0.15, 0.2) is 6.29 Å². The second kappa shape index (κ2) is 4.37. The summed E-state index contributed by atoms with van der Waals surface area (Å²) in [5, 5.41) is 10.5. The molecular formula is C8H11N3O4. The van der Waals surface area contributed by atoms with Gasteiger partial charge in [0.2, 0.25) is 0 Å². The molecule has 1 saturated heterocycles. The van der Waals surface area contributed by atoms with Gasteiger partial charge in [-0.25, -0.2) is 4.57 Å². The number of aryl methyl sites for hydroxylation is 1. The SMILES string of the molecule is O=[N+]([O-])c1nccn1CCC1OCCO1. The molecule has 82 valence electrons. The molecule has 0 atom stereocenters. The highest BCUT2D eigenvalue weighted by molar-refractivity contribution is 5.06. The quantitative estimate of drug-likeness (QED) is 0.539. The molecule has 0 spiro atoms. The molecule has 0 aromatic carbocycles. The van der Waals surface area contributed by atoms with Crippen LogP contribution >= 0.6 is 0 Å². The van der Waals surface area contributed by atoms with E-state index in [4.69, 9.17) is 9.47 Å². The van der Waals surface area contributed by atoms with E-state index < -0.39 is 4.92 Å². The third kappa shape index (κ3) is 2.31. The fourth-order valence-corrected chi connectivity index (χ4v) is 1.47. The molecule has 0 bridgehead atoms. The number of aromatic nitrogens is 2. The molecule has 0 saturated carbocycles. The predicted octanol–water partition coefficient (Wildman–Crippen LogP) is 0.554. The van der Waals surface area contributed by atoms with E-state index in [2.05, 4.69) is 4.98 Å². The van der Waals surface area contributed by atoms with E-state index >= 15 is 0 Å². The molecule has 0 N–H and O–H groups in total. The lowest BCUT2D eigenvalue weighted by molar-refractivity contribution is -0.396. The highest BCUT2D eigenvalue weighted by atomic mass is 16.7. The minimum atomic E-state index is -0.504. The molecule has 0 aliphatic carbocycles. The summed E-state index contributed by atoms with van der Waals surface area (Å²) in [7, 11) is 0. The normalized spacial score (nSPS) is 17.1. The average Bonchev–Trinajstić information content (AvgIpc) is 2.86. The van der Waals surface area contributed by atoms with Crippen LogP contribution in [0.1, 0.15) is 6.42 Å². The first-order valence-corrected chi connectivity index (χ1v) is 4.66.